The topological polar surface area (TPSA) is 84.9 Å². The average Bonchev–Trinajstić information content (AvgIpc) is 2.54. The van der Waals surface area contributed by atoms with E-state index >= 15 is 0 Å². The Balaban J connectivity index is 2.04. The molecule has 0 radical (unpaired) electrons. The van der Waals surface area contributed by atoms with Gasteiger partial charge >= 0.3 is 0 Å². The van der Waals surface area contributed by atoms with Crippen molar-refractivity contribution in [1.82, 2.24) is 0 Å². The quantitative estimate of drug-likeness (QED) is 0.463. The number of rotatable bonds is 7. The van der Waals surface area contributed by atoms with Crippen molar-refractivity contribution in [2.45, 2.75) is 6.42 Å². The molecule has 2 rings (SSSR count). The Morgan fingerprint density at radius 1 is 1.17 bits per heavy atom. The van der Waals surface area contributed by atoms with E-state index in [0.29, 0.717) is 17.5 Å². The highest BCUT2D eigenvalue weighted by Crippen LogP contribution is 2.19. The minimum absolute atomic E-state index is 0.00718. The molecule has 0 unspecified atom stereocenters. The Morgan fingerprint density at radius 2 is 1.88 bits per heavy atom. The van der Waals surface area contributed by atoms with Crippen LogP contribution in [0.25, 0.3) is 0 Å². The Labute approximate surface area is 137 Å². The van der Waals surface area contributed by atoms with E-state index in [0.717, 1.165) is 12.1 Å². The summed E-state index contributed by atoms with van der Waals surface area (Å²) in [6.45, 7) is 0.0946. The molecule has 2 aromatic rings. The summed E-state index contributed by atoms with van der Waals surface area (Å²) >= 11 is 0. The van der Waals surface area contributed by atoms with Crippen LogP contribution in [-0.4, -0.2) is 29.9 Å². The first-order chi connectivity index (χ1) is 11.5. The lowest BCUT2D eigenvalue weighted by atomic mass is 10.1. The minimum Gasteiger partial charge on any atom is -0.491 e. The van der Waals surface area contributed by atoms with Crippen LogP contribution >= 0.6 is 0 Å². The van der Waals surface area contributed by atoms with E-state index < -0.39 is 17.4 Å². The van der Waals surface area contributed by atoms with Gasteiger partial charge in [-0.25, -0.2) is 13.8 Å². The fraction of sp³-hybridized carbons (Fsp3) is 0.176. The molecule has 0 atom stereocenters. The van der Waals surface area contributed by atoms with Gasteiger partial charge in [0.1, 0.15) is 29.8 Å². The molecule has 0 heterocycles. The Hall–Kier alpha value is -2.80. The van der Waals surface area contributed by atoms with E-state index in [1.807, 2.05) is 0 Å². The summed E-state index contributed by atoms with van der Waals surface area (Å²) in [6.07, 6.45) is -0.286. The summed E-state index contributed by atoms with van der Waals surface area (Å²) in [5, 5.41) is 8.67. The molecule has 0 saturated carbocycles. The predicted molar refractivity (Wildman–Crippen MR) is 85.6 cm³/mol. The first-order valence-corrected chi connectivity index (χ1v) is 7.14. The molecule has 0 aromatic heterocycles. The largest absolute Gasteiger partial charge is 0.491 e. The van der Waals surface area contributed by atoms with Gasteiger partial charge in [-0.2, -0.15) is 0 Å². The standard InChI is InChI=1S/C17H16F2N2O3/c18-11-1-6-14(15(19)9-11)16(23)10-17(20)21-12-2-4-13(5-3-12)24-8-7-22/h1-6,9,22H,7-8,10H2,(H2,20,21). The number of ketones is 1. The fourth-order valence-corrected chi connectivity index (χ4v) is 1.96. The maximum atomic E-state index is 13.6. The van der Waals surface area contributed by atoms with Crippen LogP contribution in [0.1, 0.15) is 16.8 Å². The van der Waals surface area contributed by atoms with Crippen LogP contribution in [0, 0.1) is 11.6 Å². The summed E-state index contributed by atoms with van der Waals surface area (Å²) in [4.78, 5) is 16.0. The van der Waals surface area contributed by atoms with Gasteiger partial charge in [0.2, 0.25) is 0 Å². The highest BCUT2D eigenvalue weighted by atomic mass is 19.1. The zero-order valence-corrected chi connectivity index (χ0v) is 12.7. The van der Waals surface area contributed by atoms with Gasteiger partial charge in [-0.15, -0.1) is 0 Å². The van der Waals surface area contributed by atoms with Gasteiger partial charge < -0.3 is 15.6 Å². The van der Waals surface area contributed by atoms with Gasteiger partial charge in [0.25, 0.3) is 0 Å². The summed E-state index contributed by atoms with van der Waals surface area (Å²) < 4.78 is 31.6. The van der Waals surface area contributed by atoms with E-state index in [4.69, 9.17) is 15.6 Å². The molecule has 0 bridgehead atoms. The number of aliphatic hydroxyl groups is 1. The first kappa shape index (κ1) is 17.6. The third-order valence-corrected chi connectivity index (χ3v) is 3.04. The van der Waals surface area contributed by atoms with Crippen molar-refractivity contribution in [2.75, 3.05) is 13.2 Å². The summed E-state index contributed by atoms with van der Waals surface area (Å²) in [5.41, 5.74) is 5.97. The predicted octanol–water partition coefficient (Wildman–Crippen LogP) is 2.60. The molecule has 2 aromatic carbocycles. The minimum atomic E-state index is -0.932. The number of benzene rings is 2. The van der Waals surface area contributed by atoms with Gasteiger partial charge in [-0.05, 0) is 36.4 Å². The molecule has 3 N–H and O–H groups in total. The fourth-order valence-electron chi connectivity index (χ4n) is 1.96. The summed E-state index contributed by atoms with van der Waals surface area (Å²) in [5.74, 6) is -1.71. The number of carbonyl (C=O) groups excluding carboxylic acids is 1. The maximum Gasteiger partial charge on any atom is 0.173 e. The number of nitrogens with zero attached hydrogens (tertiary/aromatic N) is 1. The van der Waals surface area contributed by atoms with Crippen molar-refractivity contribution in [2.24, 2.45) is 10.7 Å². The third-order valence-electron chi connectivity index (χ3n) is 3.04. The first-order valence-electron chi connectivity index (χ1n) is 7.14. The lowest BCUT2D eigenvalue weighted by molar-refractivity contribution is 0.0996. The number of hydrogen-bond acceptors (Lipinski definition) is 4. The average molecular weight is 334 g/mol. The second-order valence-electron chi connectivity index (χ2n) is 4.89. The SMILES string of the molecule is NC(CC(=O)c1ccc(F)cc1F)=Nc1ccc(OCCO)cc1. The number of amidine groups is 1. The van der Waals surface area contributed by atoms with Crippen molar-refractivity contribution in [3.63, 3.8) is 0 Å². The van der Waals surface area contributed by atoms with Gasteiger partial charge in [-0.1, -0.05) is 0 Å². The number of hydrogen-bond donors (Lipinski definition) is 2. The summed E-state index contributed by atoms with van der Waals surface area (Å²) in [6, 6.07) is 9.27. The van der Waals surface area contributed by atoms with Gasteiger partial charge in [-0.3, -0.25) is 4.79 Å². The monoisotopic (exact) mass is 334 g/mol. The Morgan fingerprint density at radius 3 is 2.50 bits per heavy atom. The zero-order valence-electron chi connectivity index (χ0n) is 12.7. The molecule has 0 aliphatic carbocycles. The number of carbonyl (C=O) groups is 1. The van der Waals surface area contributed by atoms with Crippen LogP contribution in [0.2, 0.25) is 0 Å². The molecule has 0 aliphatic rings. The number of halogens is 2. The van der Waals surface area contributed by atoms with Crippen LogP contribution in [0.4, 0.5) is 14.5 Å². The Kier molecular flexibility index (Phi) is 5.97. The molecular formula is C17H16F2N2O3. The van der Waals surface area contributed by atoms with Crippen LogP contribution in [0.3, 0.4) is 0 Å². The smallest absolute Gasteiger partial charge is 0.173 e. The number of Topliss-reactive ketones (excluding diaryl/α,β-unsaturated/α-hetero) is 1. The molecule has 0 saturated heterocycles. The number of aliphatic hydroxyl groups excluding tert-OH is 1. The van der Waals surface area contributed by atoms with Gasteiger partial charge in [0.05, 0.1) is 24.3 Å². The van der Waals surface area contributed by atoms with Crippen molar-refractivity contribution in [1.29, 1.82) is 0 Å². The second kappa shape index (κ2) is 8.16. The van der Waals surface area contributed by atoms with Crippen LogP contribution in [-0.2, 0) is 0 Å². The molecule has 7 heteroatoms. The summed E-state index contributed by atoms with van der Waals surface area (Å²) in [7, 11) is 0. The van der Waals surface area contributed by atoms with E-state index in [9.17, 15) is 13.6 Å². The van der Waals surface area contributed by atoms with Gasteiger partial charge in [0.15, 0.2) is 5.78 Å². The Bertz CT molecular complexity index is 746. The molecule has 0 aliphatic heterocycles. The lowest BCUT2D eigenvalue weighted by Gasteiger charge is -2.05. The van der Waals surface area contributed by atoms with Crippen molar-refractivity contribution in [3.8, 4) is 5.75 Å². The van der Waals surface area contributed by atoms with E-state index in [2.05, 4.69) is 4.99 Å². The van der Waals surface area contributed by atoms with E-state index in [1.165, 1.54) is 0 Å². The highest BCUT2D eigenvalue weighted by Gasteiger charge is 2.14. The van der Waals surface area contributed by atoms with Crippen molar-refractivity contribution in [3.05, 3.63) is 59.7 Å². The molecular weight excluding hydrogens is 318 g/mol. The van der Waals surface area contributed by atoms with Gasteiger partial charge in [0, 0.05) is 6.07 Å². The maximum absolute atomic E-state index is 13.6. The molecule has 24 heavy (non-hydrogen) atoms. The van der Waals surface area contributed by atoms with E-state index in [1.54, 1.807) is 24.3 Å². The molecule has 5 nitrogen and oxygen atoms in total. The van der Waals surface area contributed by atoms with E-state index in [-0.39, 0.29) is 31.0 Å². The van der Waals surface area contributed by atoms with Crippen LogP contribution < -0.4 is 10.5 Å². The molecule has 0 spiro atoms. The number of ether oxygens (including phenoxy) is 1. The lowest BCUT2D eigenvalue weighted by Crippen LogP contribution is -2.17. The normalized spacial score (nSPS) is 11.4. The molecule has 126 valence electrons. The second-order valence-corrected chi connectivity index (χ2v) is 4.89. The zero-order chi connectivity index (χ0) is 17.5. The van der Waals surface area contributed by atoms with Crippen LogP contribution in [0.15, 0.2) is 47.5 Å². The molecule has 0 fully saturated rings. The number of nitrogens with two attached hydrogens (primary N) is 1. The highest BCUT2D eigenvalue weighted by molar-refractivity contribution is 6.09. The third kappa shape index (κ3) is 4.85. The molecule has 0 amide bonds. The number of aliphatic imine (C=N–C) groups is 1. The van der Waals surface area contributed by atoms with Crippen LogP contribution in [0.5, 0.6) is 5.75 Å². The van der Waals surface area contributed by atoms with Crippen molar-refractivity contribution < 1.29 is 23.4 Å². The van der Waals surface area contributed by atoms with Crippen molar-refractivity contribution >= 4 is 17.3 Å².